The van der Waals surface area contributed by atoms with Gasteiger partial charge in [0.15, 0.2) is 0 Å². The second-order valence-electron chi connectivity index (χ2n) is 4.41. The number of aliphatic hydroxyl groups is 1. The summed E-state index contributed by atoms with van der Waals surface area (Å²) in [5.74, 6) is -1.06. The quantitative estimate of drug-likeness (QED) is 0.898. The van der Waals surface area contributed by atoms with E-state index in [9.17, 15) is 9.18 Å². The first-order valence-electron chi connectivity index (χ1n) is 5.25. The van der Waals surface area contributed by atoms with Crippen molar-refractivity contribution in [1.82, 2.24) is 5.32 Å². The maximum atomic E-state index is 13.5. The lowest BCUT2D eigenvalue weighted by atomic mass is 10.0. The Labute approximate surface area is 108 Å². The number of benzene rings is 1. The van der Waals surface area contributed by atoms with Crippen LogP contribution in [0.3, 0.4) is 0 Å². The van der Waals surface area contributed by atoms with Crippen LogP contribution in [0.5, 0.6) is 0 Å². The topological polar surface area (TPSA) is 49.3 Å². The molecule has 0 aromatic heterocycles. The second-order valence-corrected chi connectivity index (χ2v) is 5.26. The average molecular weight is 304 g/mol. The van der Waals surface area contributed by atoms with Crippen LogP contribution in [-0.4, -0.2) is 23.2 Å². The molecule has 0 aliphatic carbocycles. The zero-order valence-electron chi connectivity index (χ0n) is 9.76. The maximum absolute atomic E-state index is 13.5. The lowest BCUT2D eigenvalue weighted by Gasteiger charge is -2.25. The van der Waals surface area contributed by atoms with Crippen molar-refractivity contribution in [2.45, 2.75) is 25.8 Å². The van der Waals surface area contributed by atoms with E-state index in [0.29, 0.717) is 10.9 Å². The van der Waals surface area contributed by atoms with Gasteiger partial charge in [0.05, 0.1) is 5.56 Å². The molecule has 0 atom stereocenters. The molecule has 0 unspecified atom stereocenters. The van der Waals surface area contributed by atoms with Gasteiger partial charge in [0.2, 0.25) is 0 Å². The van der Waals surface area contributed by atoms with Gasteiger partial charge in [-0.1, -0.05) is 6.07 Å². The third kappa shape index (κ3) is 3.78. The molecule has 3 nitrogen and oxygen atoms in total. The molecule has 0 aliphatic rings. The van der Waals surface area contributed by atoms with Gasteiger partial charge < -0.3 is 10.4 Å². The summed E-state index contributed by atoms with van der Waals surface area (Å²) in [7, 11) is 0. The van der Waals surface area contributed by atoms with E-state index in [1.54, 1.807) is 19.9 Å². The molecule has 2 N–H and O–H groups in total. The number of amides is 1. The zero-order chi connectivity index (χ0) is 13.1. The van der Waals surface area contributed by atoms with Gasteiger partial charge in [-0.2, -0.15) is 0 Å². The van der Waals surface area contributed by atoms with Crippen LogP contribution in [0.4, 0.5) is 4.39 Å². The predicted molar refractivity (Wildman–Crippen MR) is 67.3 cm³/mol. The van der Waals surface area contributed by atoms with E-state index in [-0.39, 0.29) is 12.2 Å². The number of hydrogen-bond donors (Lipinski definition) is 2. The molecule has 0 radical (unpaired) electrons. The molecule has 0 aliphatic heterocycles. The summed E-state index contributed by atoms with van der Waals surface area (Å²) >= 11 is 3.14. The van der Waals surface area contributed by atoms with E-state index in [0.717, 1.165) is 0 Å². The Hall–Kier alpha value is -0.940. The van der Waals surface area contributed by atoms with Gasteiger partial charge >= 0.3 is 0 Å². The maximum Gasteiger partial charge on any atom is 0.255 e. The number of carbonyl (C=O) groups excluding carboxylic acids is 1. The van der Waals surface area contributed by atoms with E-state index in [4.69, 9.17) is 5.11 Å². The highest BCUT2D eigenvalue weighted by molar-refractivity contribution is 9.10. The van der Waals surface area contributed by atoms with Crippen molar-refractivity contribution in [3.05, 3.63) is 34.1 Å². The highest BCUT2D eigenvalue weighted by Crippen LogP contribution is 2.20. The first kappa shape index (κ1) is 14.1. The smallest absolute Gasteiger partial charge is 0.255 e. The molecule has 1 aromatic rings. The normalized spacial score (nSPS) is 11.4. The Morgan fingerprint density at radius 3 is 2.71 bits per heavy atom. The van der Waals surface area contributed by atoms with Crippen molar-refractivity contribution in [3.63, 3.8) is 0 Å². The van der Waals surface area contributed by atoms with Crippen LogP contribution < -0.4 is 5.32 Å². The SMILES string of the molecule is CC(C)(CCO)NC(=O)c1c(F)cccc1Br. The number of carbonyl (C=O) groups is 1. The lowest BCUT2D eigenvalue weighted by molar-refractivity contribution is 0.0894. The molecule has 94 valence electrons. The largest absolute Gasteiger partial charge is 0.396 e. The Kier molecular flexibility index (Phi) is 4.65. The summed E-state index contributed by atoms with van der Waals surface area (Å²) in [6.07, 6.45) is 0.408. The number of halogens is 2. The van der Waals surface area contributed by atoms with Crippen molar-refractivity contribution < 1.29 is 14.3 Å². The van der Waals surface area contributed by atoms with Crippen molar-refractivity contribution >= 4 is 21.8 Å². The standard InChI is InChI=1S/C12H15BrFNO2/c1-12(2,6-7-16)15-11(17)10-8(13)4-3-5-9(10)14/h3-5,16H,6-7H2,1-2H3,(H,15,17). The van der Waals surface area contributed by atoms with E-state index < -0.39 is 17.3 Å². The number of rotatable bonds is 4. The fourth-order valence-corrected chi connectivity index (χ4v) is 1.95. The zero-order valence-corrected chi connectivity index (χ0v) is 11.3. The molecule has 0 spiro atoms. The van der Waals surface area contributed by atoms with Gasteiger partial charge in [-0.25, -0.2) is 4.39 Å². The first-order chi connectivity index (χ1) is 7.87. The Balaban J connectivity index is 2.91. The molecule has 17 heavy (non-hydrogen) atoms. The molecule has 5 heteroatoms. The Morgan fingerprint density at radius 2 is 2.18 bits per heavy atom. The van der Waals surface area contributed by atoms with Crippen molar-refractivity contribution in [2.24, 2.45) is 0 Å². The highest BCUT2D eigenvalue weighted by atomic mass is 79.9. The third-order valence-electron chi connectivity index (χ3n) is 2.38. The van der Waals surface area contributed by atoms with Gasteiger partial charge in [-0.15, -0.1) is 0 Å². The lowest BCUT2D eigenvalue weighted by Crippen LogP contribution is -2.44. The fourth-order valence-electron chi connectivity index (χ4n) is 1.43. The predicted octanol–water partition coefficient (Wildman–Crippen LogP) is 2.48. The van der Waals surface area contributed by atoms with Crippen LogP contribution in [0, 0.1) is 5.82 Å². The third-order valence-corrected chi connectivity index (χ3v) is 3.04. The number of hydrogen-bond acceptors (Lipinski definition) is 2. The minimum atomic E-state index is -0.576. The van der Waals surface area contributed by atoms with Crippen LogP contribution >= 0.6 is 15.9 Å². The van der Waals surface area contributed by atoms with Gasteiger partial charge in [0.25, 0.3) is 5.91 Å². The van der Waals surface area contributed by atoms with Gasteiger partial charge in [-0.3, -0.25) is 4.79 Å². The van der Waals surface area contributed by atoms with Crippen LogP contribution in [0.15, 0.2) is 22.7 Å². The second kappa shape index (κ2) is 5.60. The summed E-state index contributed by atoms with van der Waals surface area (Å²) in [5.41, 5.74) is -0.591. The van der Waals surface area contributed by atoms with Crippen LogP contribution in [0.2, 0.25) is 0 Å². The minimum Gasteiger partial charge on any atom is -0.396 e. The Bertz CT molecular complexity index is 401. The molecule has 0 heterocycles. The van der Waals surface area contributed by atoms with E-state index in [1.165, 1.54) is 12.1 Å². The van der Waals surface area contributed by atoms with E-state index >= 15 is 0 Å². The van der Waals surface area contributed by atoms with Gasteiger partial charge in [0.1, 0.15) is 5.82 Å². The van der Waals surface area contributed by atoms with Gasteiger partial charge in [0, 0.05) is 16.6 Å². The summed E-state index contributed by atoms with van der Waals surface area (Å²) in [6.45, 7) is 3.51. The van der Waals surface area contributed by atoms with Crippen LogP contribution in [-0.2, 0) is 0 Å². The molecule has 0 saturated carbocycles. The van der Waals surface area contributed by atoms with Crippen molar-refractivity contribution in [1.29, 1.82) is 0 Å². The first-order valence-corrected chi connectivity index (χ1v) is 6.04. The minimum absolute atomic E-state index is 0.0153. The number of nitrogens with one attached hydrogen (secondary N) is 1. The molecular weight excluding hydrogens is 289 g/mol. The van der Waals surface area contributed by atoms with Crippen molar-refractivity contribution in [2.75, 3.05) is 6.61 Å². The molecule has 0 bridgehead atoms. The fraction of sp³-hybridized carbons (Fsp3) is 0.417. The molecule has 1 aromatic carbocycles. The average Bonchev–Trinajstić information content (AvgIpc) is 2.15. The summed E-state index contributed by atoms with van der Waals surface area (Å²) in [5, 5.41) is 11.5. The summed E-state index contributed by atoms with van der Waals surface area (Å²) in [4.78, 5) is 11.9. The summed E-state index contributed by atoms with van der Waals surface area (Å²) in [6, 6.07) is 4.37. The van der Waals surface area contributed by atoms with Gasteiger partial charge in [-0.05, 0) is 48.3 Å². The number of aliphatic hydroxyl groups excluding tert-OH is 1. The molecular formula is C12H15BrFNO2. The van der Waals surface area contributed by atoms with E-state index in [2.05, 4.69) is 21.2 Å². The molecule has 1 amide bonds. The molecule has 1 rings (SSSR count). The van der Waals surface area contributed by atoms with Crippen LogP contribution in [0.25, 0.3) is 0 Å². The molecule has 0 saturated heterocycles. The Morgan fingerprint density at radius 1 is 1.53 bits per heavy atom. The van der Waals surface area contributed by atoms with Crippen LogP contribution in [0.1, 0.15) is 30.6 Å². The monoisotopic (exact) mass is 303 g/mol. The van der Waals surface area contributed by atoms with E-state index in [1.807, 2.05) is 0 Å². The van der Waals surface area contributed by atoms with Crippen molar-refractivity contribution in [3.8, 4) is 0 Å². The highest BCUT2D eigenvalue weighted by Gasteiger charge is 2.23. The molecule has 0 fully saturated rings. The summed E-state index contributed by atoms with van der Waals surface area (Å²) < 4.78 is 13.9.